The number of fused-ring (bicyclic) bond motifs is 1. The van der Waals surface area contributed by atoms with Crippen molar-refractivity contribution in [3.8, 4) is 17.2 Å². The van der Waals surface area contributed by atoms with Gasteiger partial charge in [0.25, 0.3) is 11.6 Å². The smallest absolute Gasteiger partial charge is 0.278 e. The molecule has 0 radical (unpaired) electrons. The molecule has 5 rings (SSSR count). The molecule has 2 saturated heterocycles. The molecule has 0 bridgehead atoms. The van der Waals surface area contributed by atoms with E-state index >= 15 is 0 Å². The Morgan fingerprint density at radius 2 is 1.58 bits per heavy atom. The summed E-state index contributed by atoms with van der Waals surface area (Å²) in [6, 6.07) is 17.2. The predicted octanol–water partition coefficient (Wildman–Crippen LogP) is 4.06. The minimum absolute atomic E-state index is 0.144. The zero-order valence-corrected chi connectivity index (χ0v) is 20.9. The maximum absolute atomic E-state index is 14.0. The molecule has 0 aromatic heterocycles. The van der Waals surface area contributed by atoms with Gasteiger partial charge in [-0.2, -0.15) is 0 Å². The van der Waals surface area contributed by atoms with Crippen molar-refractivity contribution in [1.82, 2.24) is 0 Å². The van der Waals surface area contributed by atoms with E-state index in [1.807, 2.05) is 0 Å². The lowest BCUT2D eigenvalue weighted by atomic mass is 9.89. The summed E-state index contributed by atoms with van der Waals surface area (Å²) in [5, 5.41) is 13.6. The standard InChI is InChI=1S/C27H25N3O8/c1-4-37-20-13-9-8-12-18(20)28-26(31)23-24(17-14-21(35-2)22(36-3)15-19(17)30(33)34)29(38-25(23)27(28)32)16-10-6-5-7-11-16/h5-15,23-25H,4H2,1-3H3/t23-,24+,25-/m1/s1. The first-order chi connectivity index (χ1) is 18.4. The van der Waals surface area contributed by atoms with E-state index < -0.39 is 34.8 Å². The Labute approximate surface area is 218 Å². The molecule has 3 aromatic carbocycles. The summed E-state index contributed by atoms with van der Waals surface area (Å²) in [5.74, 6) is -1.47. The number of hydrogen-bond acceptors (Lipinski definition) is 9. The second-order valence-electron chi connectivity index (χ2n) is 8.59. The summed E-state index contributed by atoms with van der Waals surface area (Å²) in [6.07, 6.45) is -1.21. The Kier molecular flexibility index (Phi) is 6.60. The second kappa shape index (κ2) is 10.0. The van der Waals surface area contributed by atoms with Crippen LogP contribution in [0.1, 0.15) is 18.5 Å². The molecule has 196 valence electrons. The minimum atomic E-state index is -1.21. The van der Waals surface area contributed by atoms with Crippen molar-refractivity contribution in [3.63, 3.8) is 0 Å². The lowest BCUT2D eigenvalue weighted by Gasteiger charge is -2.29. The number of methoxy groups -OCH3 is 2. The van der Waals surface area contributed by atoms with E-state index in [9.17, 15) is 19.7 Å². The molecule has 2 fully saturated rings. The number of nitro groups is 1. The van der Waals surface area contributed by atoms with Crippen LogP contribution in [0.5, 0.6) is 17.2 Å². The maximum Gasteiger partial charge on any atom is 0.278 e. The van der Waals surface area contributed by atoms with E-state index in [0.717, 1.165) is 4.90 Å². The third-order valence-electron chi connectivity index (χ3n) is 6.58. The topological polar surface area (TPSA) is 121 Å². The molecule has 2 amide bonds. The summed E-state index contributed by atoms with van der Waals surface area (Å²) >= 11 is 0. The van der Waals surface area contributed by atoms with Gasteiger partial charge in [-0.15, -0.1) is 0 Å². The van der Waals surface area contributed by atoms with Crippen molar-refractivity contribution in [3.05, 3.63) is 82.4 Å². The number of imide groups is 1. The Bertz CT molecular complexity index is 1400. The molecule has 3 aromatic rings. The van der Waals surface area contributed by atoms with Crippen LogP contribution in [0.15, 0.2) is 66.7 Å². The van der Waals surface area contributed by atoms with Crippen molar-refractivity contribution in [2.75, 3.05) is 30.8 Å². The number of hydrogen-bond donors (Lipinski definition) is 0. The van der Waals surface area contributed by atoms with Crippen LogP contribution < -0.4 is 24.2 Å². The largest absolute Gasteiger partial charge is 0.493 e. The molecule has 2 heterocycles. The molecule has 38 heavy (non-hydrogen) atoms. The second-order valence-corrected chi connectivity index (χ2v) is 8.59. The first-order valence-electron chi connectivity index (χ1n) is 11.9. The summed E-state index contributed by atoms with van der Waals surface area (Å²) in [6.45, 7) is 2.13. The van der Waals surface area contributed by atoms with E-state index in [4.69, 9.17) is 19.0 Å². The molecule has 0 spiro atoms. The highest BCUT2D eigenvalue weighted by Crippen LogP contribution is 2.51. The van der Waals surface area contributed by atoms with E-state index in [1.165, 1.54) is 31.4 Å². The van der Waals surface area contributed by atoms with Crippen LogP contribution in [0.3, 0.4) is 0 Å². The Morgan fingerprint density at radius 3 is 2.24 bits per heavy atom. The fourth-order valence-electron chi connectivity index (χ4n) is 4.97. The molecular formula is C27H25N3O8. The first kappa shape index (κ1) is 25.0. The van der Waals surface area contributed by atoms with Gasteiger partial charge in [0.15, 0.2) is 17.6 Å². The number of amides is 2. The third kappa shape index (κ3) is 3.97. The molecule has 11 heteroatoms. The molecule has 3 atom stereocenters. The van der Waals surface area contributed by atoms with Gasteiger partial charge in [-0.3, -0.25) is 24.5 Å². The summed E-state index contributed by atoms with van der Waals surface area (Å²) in [7, 11) is 2.78. The molecule has 0 N–H and O–H groups in total. The summed E-state index contributed by atoms with van der Waals surface area (Å²) < 4.78 is 16.4. The highest BCUT2D eigenvalue weighted by atomic mass is 16.7. The van der Waals surface area contributed by atoms with Crippen LogP contribution in [0.2, 0.25) is 0 Å². The number of hydroxylamine groups is 1. The molecule has 0 saturated carbocycles. The number of para-hydroxylation sites is 3. The Balaban J connectivity index is 1.68. The molecule has 0 unspecified atom stereocenters. The van der Waals surface area contributed by atoms with Crippen LogP contribution in [0.25, 0.3) is 0 Å². The van der Waals surface area contributed by atoms with Gasteiger partial charge >= 0.3 is 0 Å². The Morgan fingerprint density at radius 1 is 0.921 bits per heavy atom. The van der Waals surface area contributed by atoms with Crippen molar-refractivity contribution in [2.45, 2.75) is 19.1 Å². The van der Waals surface area contributed by atoms with E-state index in [2.05, 4.69) is 0 Å². The summed E-state index contributed by atoms with van der Waals surface area (Å²) in [4.78, 5) is 46.5. The van der Waals surface area contributed by atoms with Crippen LogP contribution in [-0.4, -0.2) is 43.7 Å². The van der Waals surface area contributed by atoms with Gasteiger partial charge in [0.1, 0.15) is 17.7 Å². The zero-order chi connectivity index (χ0) is 27.0. The fourth-order valence-corrected chi connectivity index (χ4v) is 4.97. The van der Waals surface area contributed by atoms with Crippen LogP contribution in [-0.2, 0) is 14.4 Å². The fraction of sp³-hybridized carbons (Fsp3) is 0.259. The molecular weight excluding hydrogens is 494 g/mol. The van der Waals surface area contributed by atoms with Crippen molar-refractivity contribution >= 4 is 28.9 Å². The zero-order valence-electron chi connectivity index (χ0n) is 20.9. The molecule has 2 aliphatic heterocycles. The van der Waals surface area contributed by atoms with Gasteiger partial charge < -0.3 is 14.2 Å². The van der Waals surface area contributed by atoms with E-state index in [0.29, 0.717) is 18.0 Å². The van der Waals surface area contributed by atoms with Crippen LogP contribution >= 0.6 is 0 Å². The average molecular weight is 520 g/mol. The van der Waals surface area contributed by atoms with Gasteiger partial charge in [-0.1, -0.05) is 30.3 Å². The molecule has 2 aliphatic rings. The van der Waals surface area contributed by atoms with E-state index in [-0.39, 0.29) is 28.4 Å². The number of carbonyl (C=O) groups excluding carboxylic acids is 2. The lowest BCUT2D eigenvalue weighted by molar-refractivity contribution is -0.385. The lowest BCUT2D eigenvalue weighted by Crippen LogP contribution is -2.37. The minimum Gasteiger partial charge on any atom is -0.493 e. The highest BCUT2D eigenvalue weighted by molar-refractivity contribution is 6.24. The van der Waals surface area contributed by atoms with E-state index in [1.54, 1.807) is 61.5 Å². The number of anilines is 2. The predicted molar refractivity (Wildman–Crippen MR) is 136 cm³/mol. The van der Waals surface area contributed by atoms with Crippen molar-refractivity contribution in [1.29, 1.82) is 0 Å². The van der Waals surface area contributed by atoms with Gasteiger partial charge in [-0.25, -0.2) is 9.96 Å². The van der Waals surface area contributed by atoms with Gasteiger partial charge in [-0.05, 0) is 37.3 Å². The first-order valence-corrected chi connectivity index (χ1v) is 11.9. The number of nitrogens with zero attached hydrogens (tertiary/aromatic N) is 3. The number of rotatable bonds is 8. The normalized spacial score (nSPS) is 20.4. The monoisotopic (exact) mass is 519 g/mol. The Hall–Kier alpha value is -4.64. The molecule has 11 nitrogen and oxygen atoms in total. The van der Waals surface area contributed by atoms with Crippen LogP contribution in [0.4, 0.5) is 17.1 Å². The third-order valence-corrected chi connectivity index (χ3v) is 6.58. The number of carbonyl (C=O) groups is 2. The maximum atomic E-state index is 14.0. The SMILES string of the molecule is CCOc1ccccc1N1C(=O)[C@H]2[C@@H](ON(c3ccccc3)[C@H]2c2cc(OC)c(OC)cc2[N+](=O)[O-])C1=O. The number of benzene rings is 3. The van der Waals surface area contributed by atoms with Crippen LogP contribution in [0, 0.1) is 16.0 Å². The number of nitro benzene ring substituents is 1. The number of ether oxygens (including phenoxy) is 3. The van der Waals surface area contributed by atoms with Gasteiger partial charge in [0, 0.05) is 0 Å². The van der Waals surface area contributed by atoms with Gasteiger partial charge in [0.2, 0.25) is 5.91 Å². The summed E-state index contributed by atoms with van der Waals surface area (Å²) in [5.41, 5.74) is 0.656. The van der Waals surface area contributed by atoms with Crippen molar-refractivity contribution in [2.24, 2.45) is 5.92 Å². The van der Waals surface area contributed by atoms with Gasteiger partial charge in [0.05, 0.1) is 48.8 Å². The quantitative estimate of drug-likeness (QED) is 0.246. The highest BCUT2D eigenvalue weighted by Gasteiger charge is 2.61. The average Bonchev–Trinajstić information content (AvgIpc) is 3.44. The molecule has 0 aliphatic carbocycles. The van der Waals surface area contributed by atoms with Crippen molar-refractivity contribution < 1.29 is 33.6 Å².